The van der Waals surface area contributed by atoms with Gasteiger partial charge in [0.25, 0.3) is 5.69 Å². The molecule has 1 saturated heterocycles. The predicted octanol–water partition coefficient (Wildman–Crippen LogP) is 3.41. The molecule has 0 unspecified atom stereocenters. The molecule has 10 heteroatoms. The highest BCUT2D eigenvalue weighted by atomic mass is 32.2. The van der Waals surface area contributed by atoms with Crippen LogP contribution < -0.4 is 0 Å². The molecule has 166 valence electrons. The van der Waals surface area contributed by atoms with Crippen molar-refractivity contribution < 1.29 is 22.9 Å². The largest absolute Gasteiger partial charge is 0.445 e. The van der Waals surface area contributed by atoms with Gasteiger partial charge < -0.3 is 9.64 Å². The van der Waals surface area contributed by atoms with E-state index in [4.69, 9.17) is 4.74 Å². The van der Waals surface area contributed by atoms with Crippen molar-refractivity contribution in [3.05, 3.63) is 70.3 Å². The predicted molar refractivity (Wildman–Crippen MR) is 114 cm³/mol. The fraction of sp³-hybridized carbons (Fsp3) is 0.381. The van der Waals surface area contributed by atoms with E-state index in [0.29, 0.717) is 19.4 Å². The number of hydrogen-bond donors (Lipinski definition) is 0. The summed E-state index contributed by atoms with van der Waals surface area (Å²) in [6, 6.07) is 14.1. The second kappa shape index (κ2) is 9.88. The number of benzene rings is 2. The molecule has 2 aromatic rings. The first-order valence-corrected chi connectivity index (χ1v) is 11.5. The van der Waals surface area contributed by atoms with Crippen molar-refractivity contribution in [3.8, 4) is 0 Å². The molecular weight excluding hydrogens is 422 g/mol. The molecule has 0 saturated carbocycles. The maximum atomic E-state index is 13.3. The van der Waals surface area contributed by atoms with Crippen molar-refractivity contribution in [1.82, 2.24) is 9.21 Å². The average Bonchev–Trinajstić information content (AvgIpc) is 3.01. The first-order chi connectivity index (χ1) is 14.8. The summed E-state index contributed by atoms with van der Waals surface area (Å²) >= 11 is 0. The number of sulfonamides is 1. The molecule has 1 atom stereocenters. The molecule has 1 heterocycles. The first kappa shape index (κ1) is 22.7. The van der Waals surface area contributed by atoms with Gasteiger partial charge in [0.1, 0.15) is 6.61 Å². The summed E-state index contributed by atoms with van der Waals surface area (Å²) in [5.41, 5.74) is 0.402. The number of ether oxygens (including phenoxy) is 1. The van der Waals surface area contributed by atoms with Crippen molar-refractivity contribution in [1.29, 1.82) is 0 Å². The Morgan fingerprint density at radius 2 is 1.81 bits per heavy atom. The van der Waals surface area contributed by atoms with Gasteiger partial charge in [-0.3, -0.25) is 10.1 Å². The molecule has 0 aromatic heterocycles. The molecule has 0 N–H and O–H groups in total. The number of rotatable bonds is 6. The van der Waals surface area contributed by atoms with E-state index in [1.54, 1.807) is 0 Å². The van der Waals surface area contributed by atoms with Crippen molar-refractivity contribution in [3.63, 3.8) is 0 Å². The van der Waals surface area contributed by atoms with Crippen LogP contribution in [0.5, 0.6) is 0 Å². The third kappa shape index (κ3) is 5.20. The molecule has 31 heavy (non-hydrogen) atoms. The highest BCUT2D eigenvalue weighted by molar-refractivity contribution is 7.89. The second-order valence-corrected chi connectivity index (χ2v) is 9.10. The van der Waals surface area contributed by atoms with Crippen LogP contribution in [-0.4, -0.2) is 54.3 Å². The van der Waals surface area contributed by atoms with Crippen molar-refractivity contribution in [2.45, 2.75) is 37.3 Å². The summed E-state index contributed by atoms with van der Waals surface area (Å²) in [4.78, 5) is 24.4. The Labute approximate surface area is 181 Å². The normalized spacial score (nSPS) is 17.7. The van der Waals surface area contributed by atoms with Crippen molar-refractivity contribution in [2.75, 3.05) is 19.6 Å². The number of carbonyl (C=O) groups excluding carboxylic acids is 1. The molecule has 0 spiro atoms. The van der Waals surface area contributed by atoms with Gasteiger partial charge in [0.15, 0.2) is 4.90 Å². The zero-order valence-corrected chi connectivity index (χ0v) is 18.0. The fourth-order valence-electron chi connectivity index (χ4n) is 3.61. The SMILES string of the molecule is CC[C@@H]1CN(C(=O)OCc2ccccc2)CCCN1S(=O)(=O)c1ccccc1[N+](=O)[O-]. The van der Waals surface area contributed by atoms with Crippen LogP contribution in [-0.2, 0) is 21.4 Å². The van der Waals surface area contributed by atoms with Crippen LogP contribution in [0.2, 0.25) is 0 Å². The van der Waals surface area contributed by atoms with Crippen LogP contribution in [0, 0.1) is 10.1 Å². The summed E-state index contributed by atoms with van der Waals surface area (Å²) in [7, 11) is -4.11. The van der Waals surface area contributed by atoms with Crippen LogP contribution in [0.15, 0.2) is 59.5 Å². The number of para-hydroxylation sites is 1. The monoisotopic (exact) mass is 447 g/mol. The zero-order chi connectivity index (χ0) is 22.4. The summed E-state index contributed by atoms with van der Waals surface area (Å²) in [5, 5.41) is 11.4. The second-order valence-electron chi connectivity index (χ2n) is 7.24. The number of amides is 1. The number of nitrogens with zero attached hydrogens (tertiary/aromatic N) is 3. The van der Waals surface area contributed by atoms with Gasteiger partial charge in [0.05, 0.1) is 4.92 Å². The summed E-state index contributed by atoms with van der Waals surface area (Å²) in [6.45, 7) is 2.61. The third-order valence-corrected chi connectivity index (χ3v) is 7.23. The Kier molecular flexibility index (Phi) is 7.24. The molecule has 1 amide bonds. The summed E-state index contributed by atoms with van der Waals surface area (Å²) < 4.78 is 33.3. The van der Waals surface area contributed by atoms with Gasteiger partial charge in [-0.1, -0.05) is 49.4 Å². The molecule has 1 fully saturated rings. The molecule has 1 aliphatic rings. The van der Waals surface area contributed by atoms with E-state index in [2.05, 4.69) is 0 Å². The smallest absolute Gasteiger partial charge is 0.410 e. The minimum atomic E-state index is -4.11. The van der Waals surface area contributed by atoms with Crippen LogP contribution in [0.1, 0.15) is 25.3 Å². The maximum Gasteiger partial charge on any atom is 0.410 e. The summed E-state index contributed by atoms with van der Waals surface area (Å²) in [5.74, 6) is 0. The number of nitro benzene ring substituents is 1. The molecule has 2 aromatic carbocycles. The van der Waals surface area contributed by atoms with E-state index in [-0.39, 0.29) is 24.6 Å². The van der Waals surface area contributed by atoms with Gasteiger partial charge >= 0.3 is 6.09 Å². The van der Waals surface area contributed by atoms with E-state index in [0.717, 1.165) is 5.56 Å². The molecule has 9 nitrogen and oxygen atoms in total. The Hall–Kier alpha value is -2.98. The van der Waals surface area contributed by atoms with E-state index in [1.807, 2.05) is 37.3 Å². The number of carbonyl (C=O) groups is 1. The lowest BCUT2D eigenvalue weighted by atomic mass is 10.2. The molecule has 0 aliphatic carbocycles. The maximum absolute atomic E-state index is 13.3. The lowest BCUT2D eigenvalue weighted by Crippen LogP contribution is -2.45. The molecule has 0 radical (unpaired) electrons. The van der Waals surface area contributed by atoms with Crippen LogP contribution in [0.25, 0.3) is 0 Å². The minimum Gasteiger partial charge on any atom is -0.445 e. The fourth-order valence-corrected chi connectivity index (χ4v) is 5.50. The molecule has 3 rings (SSSR count). The highest BCUT2D eigenvalue weighted by Crippen LogP contribution is 2.29. The number of nitro groups is 1. The van der Waals surface area contributed by atoms with Crippen molar-refractivity contribution >= 4 is 21.8 Å². The third-order valence-electron chi connectivity index (χ3n) is 5.23. The van der Waals surface area contributed by atoms with Crippen LogP contribution >= 0.6 is 0 Å². The Morgan fingerprint density at radius 1 is 1.13 bits per heavy atom. The zero-order valence-electron chi connectivity index (χ0n) is 17.2. The van der Waals surface area contributed by atoms with E-state index in [9.17, 15) is 23.3 Å². The van der Waals surface area contributed by atoms with E-state index < -0.39 is 32.8 Å². The Balaban J connectivity index is 1.77. The quantitative estimate of drug-likeness (QED) is 0.496. The van der Waals surface area contributed by atoms with Gasteiger partial charge in [-0.15, -0.1) is 0 Å². The topological polar surface area (TPSA) is 110 Å². The van der Waals surface area contributed by atoms with Crippen LogP contribution in [0.3, 0.4) is 0 Å². The lowest BCUT2D eigenvalue weighted by Gasteiger charge is -2.30. The van der Waals surface area contributed by atoms with E-state index >= 15 is 0 Å². The minimum absolute atomic E-state index is 0.130. The summed E-state index contributed by atoms with van der Waals surface area (Å²) in [6.07, 6.45) is 0.339. The van der Waals surface area contributed by atoms with Gasteiger partial charge in [-0.25, -0.2) is 13.2 Å². The van der Waals surface area contributed by atoms with Gasteiger partial charge in [0, 0.05) is 31.7 Å². The van der Waals surface area contributed by atoms with Gasteiger partial charge in [-0.05, 0) is 24.5 Å². The van der Waals surface area contributed by atoms with Gasteiger partial charge in [0.2, 0.25) is 10.0 Å². The Morgan fingerprint density at radius 3 is 2.48 bits per heavy atom. The first-order valence-electron chi connectivity index (χ1n) is 10.1. The van der Waals surface area contributed by atoms with Crippen molar-refractivity contribution in [2.24, 2.45) is 0 Å². The standard InChI is InChI=1S/C21H25N3O6S/c1-2-18-15-22(21(25)30-16-17-9-4-3-5-10-17)13-8-14-23(18)31(28,29)20-12-7-6-11-19(20)24(26)27/h3-7,9-12,18H,2,8,13-16H2,1H3/t18-/m1/s1. The van der Waals surface area contributed by atoms with E-state index in [1.165, 1.54) is 33.5 Å². The van der Waals surface area contributed by atoms with Gasteiger partial charge in [-0.2, -0.15) is 4.31 Å². The number of hydrogen-bond acceptors (Lipinski definition) is 6. The molecular formula is C21H25N3O6S. The highest BCUT2D eigenvalue weighted by Gasteiger charge is 2.38. The molecule has 0 bridgehead atoms. The lowest BCUT2D eigenvalue weighted by molar-refractivity contribution is -0.387. The average molecular weight is 448 g/mol. The van der Waals surface area contributed by atoms with Crippen LogP contribution in [0.4, 0.5) is 10.5 Å². The Bertz CT molecular complexity index is 1030. The molecule has 1 aliphatic heterocycles.